The lowest BCUT2D eigenvalue weighted by Gasteiger charge is -2.32. The summed E-state index contributed by atoms with van der Waals surface area (Å²) in [5.74, 6) is -0.158. The van der Waals surface area contributed by atoms with Crippen molar-refractivity contribution in [1.82, 2.24) is 10.2 Å². The van der Waals surface area contributed by atoms with Crippen molar-refractivity contribution in [3.8, 4) is 0 Å². The van der Waals surface area contributed by atoms with E-state index in [2.05, 4.69) is 12.2 Å². The zero-order valence-electron chi connectivity index (χ0n) is 8.88. The van der Waals surface area contributed by atoms with Gasteiger partial charge in [-0.25, -0.2) is 4.79 Å². The molecule has 1 fully saturated rings. The van der Waals surface area contributed by atoms with Crippen LogP contribution in [0.4, 0.5) is 4.79 Å². The zero-order valence-corrected chi connectivity index (χ0v) is 8.88. The van der Waals surface area contributed by atoms with Gasteiger partial charge < -0.3 is 4.90 Å². The molecule has 0 aliphatic carbocycles. The average Bonchev–Trinajstić information content (AvgIpc) is 2.14. The van der Waals surface area contributed by atoms with Gasteiger partial charge in [-0.15, -0.1) is 0 Å². The maximum absolute atomic E-state index is 11.4. The molecule has 1 unspecified atom stereocenters. The summed E-state index contributed by atoms with van der Waals surface area (Å²) in [5.41, 5.74) is 0. The van der Waals surface area contributed by atoms with E-state index in [9.17, 15) is 9.59 Å². The molecule has 0 aromatic heterocycles. The summed E-state index contributed by atoms with van der Waals surface area (Å²) < 4.78 is 0. The Morgan fingerprint density at radius 1 is 1.50 bits per heavy atom. The first kappa shape index (κ1) is 11.0. The number of amides is 3. The molecule has 3 amide bonds. The van der Waals surface area contributed by atoms with Crippen LogP contribution in [0.2, 0.25) is 0 Å². The molecule has 4 nitrogen and oxygen atoms in total. The van der Waals surface area contributed by atoms with Crippen LogP contribution in [0.15, 0.2) is 0 Å². The van der Waals surface area contributed by atoms with Crippen molar-refractivity contribution in [2.75, 3.05) is 6.54 Å². The molecule has 0 bridgehead atoms. The Labute approximate surface area is 84.7 Å². The van der Waals surface area contributed by atoms with E-state index in [4.69, 9.17) is 0 Å². The number of carbonyl (C=O) groups is 2. The zero-order chi connectivity index (χ0) is 10.6. The third-order valence-corrected chi connectivity index (χ3v) is 2.59. The molecule has 0 saturated carbocycles. The highest BCUT2D eigenvalue weighted by Crippen LogP contribution is 2.11. The van der Waals surface area contributed by atoms with Gasteiger partial charge in [0.05, 0.1) is 0 Å². The minimum absolute atomic E-state index is 0.158. The summed E-state index contributed by atoms with van der Waals surface area (Å²) in [6.45, 7) is 4.73. The van der Waals surface area contributed by atoms with Crippen molar-refractivity contribution in [2.24, 2.45) is 0 Å². The van der Waals surface area contributed by atoms with Gasteiger partial charge in [0.1, 0.15) is 0 Å². The molecular weight excluding hydrogens is 180 g/mol. The topological polar surface area (TPSA) is 49.4 Å². The van der Waals surface area contributed by atoms with E-state index < -0.39 is 0 Å². The molecule has 1 aliphatic heterocycles. The first-order valence-corrected chi connectivity index (χ1v) is 5.25. The highest BCUT2D eigenvalue weighted by molar-refractivity contribution is 5.96. The Morgan fingerprint density at radius 3 is 2.79 bits per heavy atom. The minimum atomic E-state index is -0.232. The predicted molar refractivity (Wildman–Crippen MR) is 53.8 cm³/mol. The molecule has 4 heteroatoms. The summed E-state index contributed by atoms with van der Waals surface area (Å²) in [4.78, 5) is 24.0. The van der Waals surface area contributed by atoms with Crippen molar-refractivity contribution in [3.05, 3.63) is 0 Å². The highest BCUT2D eigenvalue weighted by Gasteiger charge is 2.26. The van der Waals surface area contributed by atoms with Gasteiger partial charge in [-0.1, -0.05) is 19.8 Å². The lowest BCUT2D eigenvalue weighted by atomic mass is 10.1. The number of unbranched alkanes of at least 4 members (excludes halogenated alkanes) is 1. The smallest absolute Gasteiger partial charge is 0.321 e. The van der Waals surface area contributed by atoms with Gasteiger partial charge in [-0.2, -0.15) is 0 Å². The third kappa shape index (κ3) is 2.72. The van der Waals surface area contributed by atoms with E-state index in [1.54, 1.807) is 4.90 Å². The van der Waals surface area contributed by atoms with Crippen LogP contribution in [0.5, 0.6) is 0 Å². The van der Waals surface area contributed by atoms with Crippen LogP contribution < -0.4 is 5.32 Å². The number of nitrogens with zero attached hydrogens (tertiary/aromatic N) is 1. The highest BCUT2D eigenvalue weighted by atomic mass is 16.2. The fourth-order valence-electron chi connectivity index (χ4n) is 1.65. The molecule has 1 atom stereocenters. The average molecular weight is 198 g/mol. The van der Waals surface area contributed by atoms with Gasteiger partial charge in [0.15, 0.2) is 0 Å². The number of carbonyl (C=O) groups excluding carboxylic acids is 2. The first-order chi connectivity index (χ1) is 6.65. The van der Waals surface area contributed by atoms with Gasteiger partial charge in [0, 0.05) is 19.0 Å². The molecule has 1 rings (SSSR count). The molecular formula is C10H18N2O2. The second-order valence-corrected chi connectivity index (χ2v) is 3.79. The molecule has 0 aromatic carbocycles. The summed E-state index contributed by atoms with van der Waals surface area (Å²) in [5, 5.41) is 2.33. The number of urea groups is 1. The van der Waals surface area contributed by atoms with Gasteiger partial charge in [0.2, 0.25) is 5.91 Å². The van der Waals surface area contributed by atoms with Gasteiger partial charge >= 0.3 is 6.03 Å². The van der Waals surface area contributed by atoms with E-state index in [0.29, 0.717) is 13.0 Å². The largest absolute Gasteiger partial charge is 0.324 e. The maximum atomic E-state index is 11.4. The molecule has 0 aromatic rings. The Bertz CT molecular complexity index is 228. The van der Waals surface area contributed by atoms with Crippen molar-refractivity contribution in [2.45, 2.75) is 45.6 Å². The van der Waals surface area contributed by atoms with Crippen LogP contribution >= 0.6 is 0 Å². The van der Waals surface area contributed by atoms with Gasteiger partial charge in [-0.3, -0.25) is 10.1 Å². The number of nitrogens with one attached hydrogen (secondary N) is 1. The SMILES string of the molecule is CCCCC(C)N1CCC(=O)NC1=O. The van der Waals surface area contributed by atoms with Crippen molar-refractivity contribution in [1.29, 1.82) is 0 Å². The number of imide groups is 1. The van der Waals surface area contributed by atoms with Crippen LogP contribution in [-0.2, 0) is 4.79 Å². The Morgan fingerprint density at radius 2 is 2.21 bits per heavy atom. The molecule has 14 heavy (non-hydrogen) atoms. The molecule has 1 heterocycles. The van der Waals surface area contributed by atoms with Crippen molar-refractivity contribution in [3.63, 3.8) is 0 Å². The number of hydrogen-bond acceptors (Lipinski definition) is 2. The fraction of sp³-hybridized carbons (Fsp3) is 0.800. The number of rotatable bonds is 4. The maximum Gasteiger partial charge on any atom is 0.324 e. The quantitative estimate of drug-likeness (QED) is 0.744. The Hall–Kier alpha value is -1.06. The summed E-state index contributed by atoms with van der Waals surface area (Å²) >= 11 is 0. The van der Waals surface area contributed by atoms with Gasteiger partial charge in [-0.05, 0) is 13.3 Å². The third-order valence-electron chi connectivity index (χ3n) is 2.59. The van der Waals surface area contributed by atoms with Crippen LogP contribution in [0.25, 0.3) is 0 Å². The standard InChI is InChI=1S/C10H18N2O2/c1-3-4-5-8(2)12-7-6-9(13)11-10(12)14/h8H,3-7H2,1-2H3,(H,11,13,14). The van der Waals surface area contributed by atoms with Crippen LogP contribution in [0, 0.1) is 0 Å². The summed E-state index contributed by atoms with van der Waals surface area (Å²) in [6.07, 6.45) is 3.71. The van der Waals surface area contributed by atoms with Crippen molar-refractivity contribution < 1.29 is 9.59 Å². The van der Waals surface area contributed by atoms with Crippen molar-refractivity contribution >= 4 is 11.9 Å². The molecule has 1 N–H and O–H groups in total. The van der Waals surface area contributed by atoms with Crippen LogP contribution in [0.3, 0.4) is 0 Å². The molecule has 0 radical (unpaired) electrons. The lowest BCUT2D eigenvalue weighted by Crippen LogP contribution is -2.52. The van der Waals surface area contributed by atoms with Gasteiger partial charge in [0.25, 0.3) is 0 Å². The monoisotopic (exact) mass is 198 g/mol. The second kappa shape index (κ2) is 4.98. The number of hydrogen-bond donors (Lipinski definition) is 1. The van der Waals surface area contributed by atoms with E-state index in [0.717, 1.165) is 19.3 Å². The molecule has 1 aliphatic rings. The summed E-state index contributed by atoms with van der Waals surface area (Å²) in [6, 6.07) is 0.00732. The van der Waals surface area contributed by atoms with E-state index in [-0.39, 0.29) is 18.0 Å². The second-order valence-electron chi connectivity index (χ2n) is 3.79. The van der Waals surface area contributed by atoms with E-state index in [1.165, 1.54) is 0 Å². The predicted octanol–water partition coefficient (Wildman–Crippen LogP) is 1.51. The van der Waals surface area contributed by atoms with E-state index >= 15 is 0 Å². The Balaban J connectivity index is 2.43. The molecule has 1 saturated heterocycles. The minimum Gasteiger partial charge on any atom is -0.321 e. The van der Waals surface area contributed by atoms with Crippen LogP contribution in [-0.4, -0.2) is 29.4 Å². The summed E-state index contributed by atoms with van der Waals surface area (Å²) in [7, 11) is 0. The first-order valence-electron chi connectivity index (χ1n) is 5.25. The molecule has 0 spiro atoms. The van der Waals surface area contributed by atoms with Crippen LogP contribution in [0.1, 0.15) is 39.5 Å². The Kier molecular flexibility index (Phi) is 3.92. The normalized spacial score (nSPS) is 19.4. The lowest BCUT2D eigenvalue weighted by molar-refractivity contribution is -0.121. The molecule has 80 valence electrons. The van der Waals surface area contributed by atoms with E-state index in [1.807, 2.05) is 6.92 Å². The fourth-order valence-corrected chi connectivity index (χ4v) is 1.65.